The fourth-order valence-electron chi connectivity index (χ4n) is 3.97. The molecule has 1 aliphatic carbocycles. The predicted octanol–water partition coefficient (Wildman–Crippen LogP) is 4.92. The highest BCUT2D eigenvalue weighted by Crippen LogP contribution is 2.37. The minimum absolute atomic E-state index is 0.291. The van der Waals surface area contributed by atoms with Crippen LogP contribution in [0.15, 0.2) is 76.9 Å². The second-order valence-corrected chi connectivity index (χ2v) is 9.11. The van der Waals surface area contributed by atoms with Crippen molar-refractivity contribution < 1.29 is 4.79 Å². The molecule has 0 unspecified atom stereocenters. The number of carbonyl (C=O) groups is 1. The van der Waals surface area contributed by atoms with Crippen molar-refractivity contribution in [1.82, 2.24) is 9.78 Å². The molecule has 5 nitrogen and oxygen atoms in total. The third-order valence-corrected chi connectivity index (χ3v) is 6.60. The average Bonchev–Trinajstić information content (AvgIpc) is 3.41. The van der Waals surface area contributed by atoms with Crippen molar-refractivity contribution in [3.8, 4) is 21.7 Å². The minimum atomic E-state index is -1.16. The first-order valence-corrected chi connectivity index (χ1v) is 11.0. The smallest absolute Gasteiger partial charge is 0.267 e. The summed E-state index contributed by atoms with van der Waals surface area (Å²) in [5.74, 6) is -0.291. The molecule has 154 valence electrons. The van der Waals surface area contributed by atoms with E-state index in [-0.39, 0.29) is 11.5 Å². The first kappa shape index (κ1) is 19.5. The molecule has 31 heavy (non-hydrogen) atoms. The fraction of sp³-hybridized carbons (Fsp3) is 0.160. The van der Waals surface area contributed by atoms with E-state index in [1.165, 1.54) is 44.3 Å². The molecule has 0 spiro atoms. The SMILES string of the molecule is CC(C)(C(=O)Nc1ccc2c(c1)Cc1ccccc1-2)n1nc(-c2cccs2)ccc1=O. The van der Waals surface area contributed by atoms with Crippen LogP contribution in [0.1, 0.15) is 25.0 Å². The standard InChI is InChI=1S/C25H21N3O2S/c1-25(2,28-23(29)12-11-21(27-28)22-8-5-13-31-22)24(30)26-18-9-10-20-17(15-18)14-16-6-3-4-7-19(16)20/h3-13,15H,14H2,1-2H3,(H,26,30). The molecule has 0 aliphatic heterocycles. The number of carbonyl (C=O) groups excluding carboxylic acids is 1. The van der Waals surface area contributed by atoms with Crippen molar-refractivity contribution >= 4 is 22.9 Å². The Hall–Kier alpha value is -3.51. The van der Waals surface area contributed by atoms with Crippen LogP contribution in [0.5, 0.6) is 0 Å². The van der Waals surface area contributed by atoms with Gasteiger partial charge in [-0.25, -0.2) is 4.68 Å². The van der Waals surface area contributed by atoms with Gasteiger partial charge >= 0.3 is 0 Å². The normalized spacial score (nSPS) is 12.3. The molecule has 1 aliphatic rings. The van der Waals surface area contributed by atoms with E-state index in [4.69, 9.17) is 0 Å². The van der Waals surface area contributed by atoms with E-state index >= 15 is 0 Å². The van der Waals surface area contributed by atoms with Crippen molar-refractivity contribution in [2.75, 3.05) is 5.32 Å². The largest absolute Gasteiger partial charge is 0.324 e. The lowest BCUT2D eigenvalue weighted by molar-refractivity contribution is -0.123. The Morgan fingerprint density at radius 3 is 2.61 bits per heavy atom. The van der Waals surface area contributed by atoms with Crippen LogP contribution >= 0.6 is 11.3 Å². The maximum atomic E-state index is 13.2. The van der Waals surface area contributed by atoms with Crippen molar-refractivity contribution in [2.45, 2.75) is 25.8 Å². The van der Waals surface area contributed by atoms with Crippen molar-refractivity contribution in [3.05, 3.63) is 93.6 Å². The molecule has 0 fully saturated rings. The Morgan fingerprint density at radius 2 is 1.81 bits per heavy atom. The van der Waals surface area contributed by atoms with Gasteiger partial charge in [0.15, 0.2) is 0 Å². The zero-order valence-corrected chi connectivity index (χ0v) is 18.1. The van der Waals surface area contributed by atoms with Crippen molar-refractivity contribution in [3.63, 3.8) is 0 Å². The van der Waals surface area contributed by atoms with Gasteiger partial charge in [0.25, 0.3) is 11.5 Å². The number of benzene rings is 2. The summed E-state index contributed by atoms with van der Waals surface area (Å²) in [6.07, 6.45) is 0.850. The van der Waals surface area contributed by atoms with Crippen LogP contribution < -0.4 is 10.9 Å². The van der Waals surface area contributed by atoms with Gasteiger partial charge in [-0.1, -0.05) is 36.4 Å². The van der Waals surface area contributed by atoms with Crippen LogP contribution in [-0.2, 0) is 16.8 Å². The summed E-state index contributed by atoms with van der Waals surface area (Å²) in [6, 6.07) is 21.3. The molecule has 2 aromatic carbocycles. The lowest BCUT2D eigenvalue weighted by Crippen LogP contribution is -2.47. The highest BCUT2D eigenvalue weighted by molar-refractivity contribution is 7.13. The minimum Gasteiger partial charge on any atom is -0.324 e. The van der Waals surface area contributed by atoms with Gasteiger partial charge < -0.3 is 5.32 Å². The maximum Gasteiger partial charge on any atom is 0.267 e. The number of anilines is 1. The molecule has 4 aromatic rings. The summed E-state index contributed by atoms with van der Waals surface area (Å²) < 4.78 is 1.26. The number of nitrogens with zero attached hydrogens (tertiary/aromatic N) is 2. The molecule has 5 rings (SSSR count). The predicted molar refractivity (Wildman–Crippen MR) is 124 cm³/mol. The zero-order valence-electron chi connectivity index (χ0n) is 17.3. The van der Waals surface area contributed by atoms with Crippen LogP contribution in [0, 0.1) is 0 Å². The molecule has 0 atom stereocenters. The lowest BCUT2D eigenvalue weighted by Gasteiger charge is -2.25. The maximum absolute atomic E-state index is 13.2. The van der Waals surface area contributed by atoms with Gasteiger partial charge in [0, 0.05) is 11.8 Å². The van der Waals surface area contributed by atoms with Gasteiger partial charge in [-0.05, 0) is 72.2 Å². The molecule has 1 amide bonds. The molecule has 0 saturated carbocycles. The summed E-state index contributed by atoms with van der Waals surface area (Å²) in [7, 11) is 0. The van der Waals surface area contributed by atoms with Gasteiger partial charge in [-0.3, -0.25) is 9.59 Å². The van der Waals surface area contributed by atoms with Crippen molar-refractivity contribution in [1.29, 1.82) is 0 Å². The van der Waals surface area contributed by atoms with E-state index in [1.807, 2.05) is 47.8 Å². The Labute approximate surface area is 184 Å². The lowest BCUT2D eigenvalue weighted by atomic mass is 10.0. The number of amides is 1. The van der Waals surface area contributed by atoms with Crippen molar-refractivity contribution in [2.24, 2.45) is 0 Å². The second-order valence-electron chi connectivity index (χ2n) is 8.16. The molecule has 0 radical (unpaired) electrons. The van der Waals surface area contributed by atoms with E-state index in [1.54, 1.807) is 19.9 Å². The molecule has 6 heteroatoms. The molecule has 0 saturated heterocycles. The highest BCUT2D eigenvalue weighted by atomic mass is 32.1. The third kappa shape index (κ3) is 3.39. The van der Waals surface area contributed by atoms with Gasteiger partial charge in [0.1, 0.15) is 11.2 Å². The monoisotopic (exact) mass is 427 g/mol. The van der Waals surface area contributed by atoms with Crippen LogP contribution in [0.25, 0.3) is 21.7 Å². The first-order chi connectivity index (χ1) is 14.9. The number of rotatable bonds is 4. The highest BCUT2D eigenvalue weighted by Gasteiger charge is 2.32. The van der Waals surface area contributed by atoms with E-state index < -0.39 is 5.54 Å². The Kier molecular flexibility index (Phi) is 4.59. The number of fused-ring (bicyclic) bond motifs is 3. The Morgan fingerprint density at radius 1 is 1.00 bits per heavy atom. The summed E-state index contributed by atoms with van der Waals surface area (Å²) in [5.41, 5.74) is 4.84. The van der Waals surface area contributed by atoms with E-state index in [0.717, 1.165) is 11.3 Å². The Bertz CT molecular complexity index is 1350. The van der Waals surface area contributed by atoms with Crippen LogP contribution in [0.2, 0.25) is 0 Å². The zero-order chi connectivity index (χ0) is 21.6. The molecule has 0 bridgehead atoms. The van der Waals surface area contributed by atoms with Crippen LogP contribution in [0.3, 0.4) is 0 Å². The molecular weight excluding hydrogens is 406 g/mol. The average molecular weight is 428 g/mol. The Balaban J connectivity index is 1.43. The molecule has 1 N–H and O–H groups in total. The van der Waals surface area contributed by atoms with Gasteiger partial charge in [0.05, 0.1) is 4.88 Å². The van der Waals surface area contributed by atoms with E-state index in [2.05, 4.69) is 22.5 Å². The van der Waals surface area contributed by atoms with E-state index in [9.17, 15) is 9.59 Å². The summed E-state index contributed by atoms with van der Waals surface area (Å²) in [6.45, 7) is 3.41. The molecule has 2 heterocycles. The first-order valence-electron chi connectivity index (χ1n) is 10.1. The van der Waals surface area contributed by atoms with Gasteiger partial charge in [0.2, 0.25) is 0 Å². The number of aromatic nitrogens is 2. The molecular formula is C25H21N3O2S. The second kappa shape index (κ2) is 7.32. The fourth-order valence-corrected chi connectivity index (χ4v) is 4.66. The third-order valence-electron chi connectivity index (χ3n) is 5.71. The van der Waals surface area contributed by atoms with Gasteiger partial charge in [-0.2, -0.15) is 5.10 Å². The summed E-state index contributed by atoms with van der Waals surface area (Å²) in [5, 5.41) is 9.43. The van der Waals surface area contributed by atoms with Crippen LogP contribution in [0.4, 0.5) is 5.69 Å². The molecule has 2 aromatic heterocycles. The van der Waals surface area contributed by atoms with Crippen LogP contribution in [-0.4, -0.2) is 15.7 Å². The topological polar surface area (TPSA) is 64.0 Å². The quantitative estimate of drug-likeness (QED) is 0.443. The van der Waals surface area contributed by atoms with E-state index in [0.29, 0.717) is 11.4 Å². The number of thiophene rings is 1. The number of hydrogen-bond acceptors (Lipinski definition) is 4. The summed E-state index contributed by atoms with van der Waals surface area (Å²) >= 11 is 1.54. The van der Waals surface area contributed by atoms with Gasteiger partial charge in [-0.15, -0.1) is 11.3 Å². The summed E-state index contributed by atoms with van der Waals surface area (Å²) in [4.78, 5) is 26.7. The number of hydrogen-bond donors (Lipinski definition) is 1. The number of nitrogens with one attached hydrogen (secondary N) is 1.